The number of nitrogens with zero attached hydrogens (tertiary/aromatic N) is 2. The van der Waals surface area contributed by atoms with Crippen molar-refractivity contribution in [2.75, 3.05) is 39.8 Å². The predicted octanol–water partition coefficient (Wildman–Crippen LogP) is 1.46. The maximum Gasteiger partial charge on any atom is 0.409 e. The van der Waals surface area contributed by atoms with Gasteiger partial charge in [0.15, 0.2) is 0 Å². The highest BCUT2D eigenvalue weighted by Gasteiger charge is 2.30. The molecule has 22 heavy (non-hydrogen) atoms. The fourth-order valence-electron chi connectivity index (χ4n) is 3.57. The number of rotatable bonds is 3. The van der Waals surface area contributed by atoms with Gasteiger partial charge in [0.1, 0.15) is 0 Å². The number of carbonyl (C=O) groups is 2. The summed E-state index contributed by atoms with van der Waals surface area (Å²) in [5, 5.41) is 2.75. The van der Waals surface area contributed by atoms with Crippen molar-refractivity contribution >= 4 is 12.0 Å². The van der Waals surface area contributed by atoms with E-state index in [9.17, 15) is 9.59 Å². The lowest BCUT2D eigenvalue weighted by molar-refractivity contribution is -0.126. The molecule has 6 nitrogen and oxygen atoms in total. The molecule has 0 saturated carbocycles. The SMILES string of the molecule is CCOC(=O)N1CCCC(N2CCC(C(=O)NC)CC2)CC1. The minimum absolute atomic E-state index is 0.169. The third kappa shape index (κ3) is 4.35. The van der Waals surface area contributed by atoms with E-state index in [0.717, 1.165) is 58.3 Å². The summed E-state index contributed by atoms with van der Waals surface area (Å²) in [6.45, 7) is 5.83. The number of piperidine rings is 1. The number of hydrogen-bond donors (Lipinski definition) is 1. The van der Waals surface area contributed by atoms with E-state index in [4.69, 9.17) is 4.74 Å². The highest BCUT2D eigenvalue weighted by Crippen LogP contribution is 2.24. The second-order valence-corrected chi connectivity index (χ2v) is 6.20. The third-order valence-corrected chi connectivity index (χ3v) is 4.89. The van der Waals surface area contributed by atoms with E-state index in [0.29, 0.717) is 12.6 Å². The molecule has 0 bridgehead atoms. The van der Waals surface area contributed by atoms with E-state index in [1.807, 2.05) is 11.8 Å². The summed E-state index contributed by atoms with van der Waals surface area (Å²) in [4.78, 5) is 27.9. The normalized spacial score (nSPS) is 24.6. The topological polar surface area (TPSA) is 61.9 Å². The van der Waals surface area contributed by atoms with E-state index in [-0.39, 0.29) is 17.9 Å². The number of ether oxygens (including phenoxy) is 1. The van der Waals surface area contributed by atoms with Gasteiger partial charge < -0.3 is 19.9 Å². The molecule has 1 atom stereocenters. The maximum atomic E-state index is 11.8. The van der Waals surface area contributed by atoms with E-state index >= 15 is 0 Å². The molecule has 0 aromatic heterocycles. The summed E-state index contributed by atoms with van der Waals surface area (Å²) in [6, 6.07) is 0.532. The van der Waals surface area contributed by atoms with Gasteiger partial charge in [0.05, 0.1) is 6.61 Å². The Labute approximate surface area is 133 Å². The van der Waals surface area contributed by atoms with Gasteiger partial charge in [-0.25, -0.2) is 4.79 Å². The Morgan fingerprint density at radius 1 is 1.09 bits per heavy atom. The molecule has 2 saturated heterocycles. The first-order valence-electron chi connectivity index (χ1n) is 8.53. The monoisotopic (exact) mass is 311 g/mol. The Kier molecular flexibility index (Phi) is 6.49. The molecule has 2 aliphatic heterocycles. The number of likely N-dealkylation sites (tertiary alicyclic amines) is 2. The Balaban J connectivity index is 1.80. The Morgan fingerprint density at radius 3 is 2.45 bits per heavy atom. The lowest BCUT2D eigenvalue weighted by Crippen LogP contribution is -2.44. The first-order chi connectivity index (χ1) is 10.7. The molecule has 126 valence electrons. The van der Waals surface area contributed by atoms with Crippen molar-refractivity contribution < 1.29 is 14.3 Å². The third-order valence-electron chi connectivity index (χ3n) is 4.89. The summed E-state index contributed by atoms with van der Waals surface area (Å²) in [5.41, 5.74) is 0. The number of carbonyl (C=O) groups excluding carboxylic acids is 2. The molecule has 6 heteroatoms. The van der Waals surface area contributed by atoms with Crippen LogP contribution in [0.2, 0.25) is 0 Å². The van der Waals surface area contributed by atoms with Gasteiger partial charge in [-0.05, 0) is 52.1 Å². The second kappa shape index (κ2) is 8.36. The molecular formula is C16H29N3O3. The molecular weight excluding hydrogens is 282 g/mol. The molecule has 0 radical (unpaired) electrons. The molecule has 0 spiro atoms. The molecule has 1 unspecified atom stereocenters. The van der Waals surface area contributed by atoms with E-state index in [1.165, 1.54) is 0 Å². The van der Waals surface area contributed by atoms with Gasteiger partial charge in [-0.1, -0.05) is 0 Å². The van der Waals surface area contributed by atoms with Crippen LogP contribution in [0.4, 0.5) is 4.79 Å². The van der Waals surface area contributed by atoms with Crippen molar-refractivity contribution in [3.63, 3.8) is 0 Å². The predicted molar refractivity (Wildman–Crippen MR) is 84.6 cm³/mol. The standard InChI is InChI=1S/C16H29N3O3/c1-3-22-16(21)19-9-4-5-14(8-12-19)18-10-6-13(7-11-18)15(20)17-2/h13-14H,3-12H2,1-2H3,(H,17,20). The lowest BCUT2D eigenvalue weighted by Gasteiger charge is -2.36. The van der Waals surface area contributed by atoms with E-state index in [2.05, 4.69) is 10.2 Å². The van der Waals surface area contributed by atoms with Gasteiger partial charge in [-0.2, -0.15) is 0 Å². The largest absolute Gasteiger partial charge is 0.450 e. The molecule has 0 aromatic rings. The zero-order valence-electron chi connectivity index (χ0n) is 13.8. The van der Waals surface area contributed by atoms with Gasteiger partial charge in [0, 0.05) is 32.1 Å². The van der Waals surface area contributed by atoms with Crippen LogP contribution in [0.5, 0.6) is 0 Å². The summed E-state index contributed by atoms with van der Waals surface area (Å²) < 4.78 is 5.10. The van der Waals surface area contributed by atoms with Gasteiger partial charge in [0.2, 0.25) is 5.91 Å². The summed E-state index contributed by atoms with van der Waals surface area (Å²) in [5.74, 6) is 0.345. The Hall–Kier alpha value is -1.30. The minimum atomic E-state index is -0.179. The fraction of sp³-hybridized carbons (Fsp3) is 0.875. The Morgan fingerprint density at radius 2 is 1.82 bits per heavy atom. The van der Waals surface area contributed by atoms with Gasteiger partial charge in [-0.3, -0.25) is 4.79 Å². The smallest absolute Gasteiger partial charge is 0.409 e. The van der Waals surface area contributed by atoms with Crippen LogP contribution in [0.15, 0.2) is 0 Å². The molecule has 2 aliphatic rings. The number of hydrogen-bond acceptors (Lipinski definition) is 4. The zero-order chi connectivity index (χ0) is 15.9. The minimum Gasteiger partial charge on any atom is -0.450 e. The van der Waals surface area contributed by atoms with Crippen LogP contribution in [-0.4, -0.2) is 67.7 Å². The maximum absolute atomic E-state index is 11.8. The summed E-state index contributed by atoms with van der Waals surface area (Å²) in [7, 11) is 1.71. The van der Waals surface area contributed by atoms with Crippen molar-refractivity contribution in [1.29, 1.82) is 0 Å². The second-order valence-electron chi connectivity index (χ2n) is 6.20. The van der Waals surface area contributed by atoms with Crippen molar-refractivity contribution in [2.24, 2.45) is 5.92 Å². The summed E-state index contributed by atoms with van der Waals surface area (Å²) >= 11 is 0. The molecule has 2 amide bonds. The first-order valence-corrected chi connectivity index (χ1v) is 8.53. The van der Waals surface area contributed by atoms with E-state index < -0.39 is 0 Å². The number of amides is 2. The van der Waals surface area contributed by atoms with Gasteiger partial charge >= 0.3 is 6.09 Å². The molecule has 0 aliphatic carbocycles. The van der Waals surface area contributed by atoms with Crippen LogP contribution in [0.1, 0.15) is 39.0 Å². The van der Waals surface area contributed by atoms with Crippen molar-refractivity contribution in [1.82, 2.24) is 15.1 Å². The van der Waals surface area contributed by atoms with Crippen molar-refractivity contribution in [3.05, 3.63) is 0 Å². The molecule has 1 N–H and O–H groups in total. The lowest BCUT2D eigenvalue weighted by atomic mass is 9.93. The molecule has 2 rings (SSSR count). The Bertz CT molecular complexity index is 381. The van der Waals surface area contributed by atoms with Gasteiger partial charge in [-0.15, -0.1) is 0 Å². The van der Waals surface area contributed by atoms with Crippen LogP contribution in [-0.2, 0) is 9.53 Å². The highest BCUT2D eigenvalue weighted by atomic mass is 16.6. The molecule has 0 aromatic carbocycles. The van der Waals surface area contributed by atoms with Crippen LogP contribution in [0.25, 0.3) is 0 Å². The quantitative estimate of drug-likeness (QED) is 0.857. The van der Waals surface area contributed by atoms with Crippen LogP contribution in [0, 0.1) is 5.92 Å². The molecule has 2 heterocycles. The zero-order valence-corrected chi connectivity index (χ0v) is 13.8. The fourth-order valence-corrected chi connectivity index (χ4v) is 3.57. The number of nitrogens with one attached hydrogen (secondary N) is 1. The highest BCUT2D eigenvalue weighted by molar-refractivity contribution is 5.78. The van der Waals surface area contributed by atoms with Crippen molar-refractivity contribution in [2.45, 2.75) is 45.1 Å². The van der Waals surface area contributed by atoms with Crippen LogP contribution >= 0.6 is 0 Å². The van der Waals surface area contributed by atoms with Crippen molar-refractivity contribution in [3.8, 4) is 0 Å². The van der Waals surface area contributed by atoms with Crippen LogP contribution in [0.3, 0.4) is 0 Å². The summed E-state index contributed by atoms with van der Waals surface area (Å²) in [6.07, 6.45) is 4.86. The first kappa shape index (κ1) is 17.1. The molecule has 2 fully saturated rings. The van der Waals surface area contributed by atoms with E-state index in [1.54, 1.807) is 7.05 Å². The van der Waals surface area contributed by atoms with Crippen LogP contribution < -0.4 is 5.32 Å². The van der Waals surface area contributed by atoms with Gasteiger partial charge in [0.25, 0.3) is 0 Å². The average molecular weight is 311 g/mol. The average Bonchev–Trinajstić information content (AvgIpc) is 2.80.